The summed E-state index contributed by atoms with van der Waals surface area (Å²) in [6, 6.07) is -0.158. The number of nitrogens with two attached hydrogens (primary N) is 1. The Balaban J connectivity index is 0.00000112. The third kappa shape index (κ3) is 3.04. The highest BCUT2D eigenvalue weighted by Crippen LogP contribution is 2.25. The Morgan fingerprint density at radius 1 is 1.40 bits per heavy atom. The fourth-order valence-electron chi connectivity index (χ4n) is 1.64. The fourth-order valence-corrected chi connectivity index (χ4v) is 1.64. The van der Waals surface area contributed by atoms with Crippen molar-refractivity contribution < 1.29 is 4.52 Å². The molecule has 0 aliphatic heterocycles. The molecule has 1 aliphatic carbocycles. The van der Waals surface area contributed by atoms with Gasteiger partial charge in [-0.3, -0.25) is 0 Å². The first-order valence-corrected chi connectivity index (χ1v) is 5.04. The lowest BCUT2D eigenvalue weighted by Gasteiger charge is -1.92. The molecule has 0 saturated heterocycles. The van der Waals surface area contributed by atoms with Crippen molar-refractivity contribution in [1.29, 1.82) is 0 Å². The third-order valence-electron chi connectivity index (χ3n) is 2.44. The molecule has 4 nitrogen and oxygen atoms in total. The molecule has 2 rings (SSSR count). The Labute approximate surface area is 95.3 Å². The van der Waals surface area contributed by atoms with Crippen LogP contribution in [0.4, 0.5) is 0 Å². The number of aromatic nitrogens is 2. The van der Waals surface area contributed by atoms with Crippen LogP contribution in [0.15, 0.2) is 10.1 Å². The zero-order valence-electron chi connectivity index (χ0n) is 8.77. The second-order valence-electron chi connectivity index (χ2n) is 3.79. The van der Waals surface area contributed by atoms with E-state index in [0.717, 1.165) is 12.8 Å². The molecule has 15 heavy (non-hydrogen) atoms. The minimum Gasteiger partial charge on any atom is -0.335 e. The van der Waals surface area contributed by atoms with Gasteiger partial charge in [0.15, 0.2) is 5.82 Å². The van der Waals surface area contributed by atoms with Crippen LogP contribution < -0.4 is 5.73 Å². The fraction of sp³-hybridized carbons (Fsp3) is 0.600. The predicted octanol–water partition coefficient (Wildman–Crippen LogP) is 2.47. The third-order valence-corrected chi connectivity index (χ3v) is 2.44. The van der Waals surface area contributed by atoms with E-state index in [9.17, 15) is 0 Å². The molecule has 0 aromatic carbocycles. The van der Waals surface area contributed by atoms with Crippen LogP contribution in [0.3, 0.4) is 0 Å². The molecular weight excluding hydrogens is 214 g/mol. The van der Waals surface area contributed by atoms with Crippen LogP contribution in [-0.4, -0.2) is 10.1 Å². The maximum absolute atomic E-state index is 5.63. The minimum atomic E-state index is -0.158. The quantitative estimate of drug-likeness (QED) is 0.846. The van der Waals surface area contributed by atoms with Crippen molar-refractivity contribution in [1.82, 2.24) is 10.1 Å². The van der Waals surface area contributed by atoms with Gasteiger partial charge in [0.05, 0.1) is 6.04 Å². The lowest BCUT2D eigenvalue weighted by Crippen LogP contribution is -2.06. The lowest BCUT2D eigenvalue weighted by molar-refractivity contribution is 0.399. The van der Waals surface area contributed by atoms with E-state index in [1.165, 1.54) is 18.4 Å². The standard InChI is InChI=1S/C10H15N3O.ClH/c1-7(11)10-12-9(14-13-10)6-8-4-2-3-5-8;/h6-7H,2-5,11H2,1H3;1H. The SMILES string of the molecule is CC(N)c1noc(C=C2CCCC2)n1.Cl. The van der Waals surface area contributed by atoms with Gasteiger partial charge in [0.25, 0.3) is 5.89 Å². The Morgan fingerprint density at radius 3 is 2.60 bits per heavy atom. The Hall–Kier alpha value is -0.870. The summed E-state index contributed by atoms with van der Waals surface area (Å²) in [5, 5.41) is 3.80. The normalized spacial score (nSPS) is 17.3. The minimum absolute atomic E-state index is 0. The summed E-state index contributed by atoms with van der Waals surface area (Å²) in [5.74, 6) is 1.17. The summed E-state index contributed by atoms with van der Waals surface area (Å²) in [6.07, 6.45) is 6.87. The summed E-state index contributed by atoms with van der Waals surface area (Å²) in [6.45, 7) is 1.84. The zero-order valence-corrected chi connectivity index (χ0v) is 9.59. The van der Waals surface area contributed by atoms with E-state index >= 15 is 0 Å². The molecule has 0 amide bonds. The molecule has 1 saturated carbocycles. The van der Waals surface area contributed by atoms with E-state index in [1.807, 2.05) is 13.0 Å². The maximum atomic E-state index is 5.63. The van der Waals surface area contributed by atoms with Gasteiger partial charge in [0, 0.05) is 6.08 Å². The first-order valence-electron chi connectivity index (χ1n) is 5.04. The van der Waals surface area contributed by atoms with Gasteiger partial charge in [0.2, 0.25) is 0 Å². The van der Waals surface area contributed by atoms with Gasteiger partial charge >= 0.3 is 0 Å². The van der Waals surface area contributed by atoms with Crippen molar-refractivity contribution in [3.8, 4) is 0 Å². The predicted molar refractivity (Wildman–Crippen MR) is 60.6 cm³/mol. The Kier molecular flexibility index (Phi) is 4.29. The molecule has 1 aromatic rings. The second kappa shape index (κ2) is 5.28. The van der Waals surface area contributed by atoms with E-state index in [0.29, 0.717) is 11.7 Å². The molecule has 5 heteroatoms. The molecule has 0 spiro atoms. The molecule has 1 aromatic heterocycles. The Bertz CT molecular complexity index is 338. The van der Waals surface area contributed by atoms with E-state index in [2.05, 4.69) is 10.1 Å². The van der Waals surface area contributed by atoms with Gasteiger partial charge in [0.1, 0.15) is 0 Å². The molecule has 2 N–H and O–H groups in total. The summed E-state index contributed by atoms with van der Waals surface area (Å²) >= 11 is 0. The van der Waals surface area contributed by atoms with E-state index in [4.69, 9.17) is 10.3 Å². The molecular formula is C10H16ClN3O. The summed E-state index contributed by atoms with van der Waals surface area (Å²) < 4.78 is 5.07. The number of hydrogen-bond acceptors (Lipinski definition) is 4. The van der Waals surface area contributed by atoms with Crippen LogP contribution in [0, 0.1) is 0 Å². The molecule has 84 valence electrons. The monoisotopic (exact) mass is 229 g/mol. The van der Waals surface area contributed by atoms with E-state index < -0.39 is 0 Å². The first-order chi connectivity index (χ1) is 6.75. The van der Waals surface area contributed by atoms with Crippen LogP contribution in [0.1, 0.15) is 50.4 Å². The van der Waals surface area contributed by atoms with Crippen molar-refractivity contribution in [3.05, 3.63) is 17.3 Å². The van der Waals surface area contributed by atoms with Crippen LogP contribution in [0.25, 0.3) is 6.08 Å². The van der Waals surface area contributed by atoms with Crippen molar-refractivity contribution in [2.24, 2.45) is 5.73 Å². The molecule has 1 atom stereocenters. The number of hydrogen-bond donors (Lipinski definition) is 1. The van der Waals surface area contributed by atoms with Crippen molar-refractivity contribution >= 4 is 18.5 Å². The molecule has 0 radical (unpaired) electrons. The van der Waals surface area contributed by atoms with Crippen LogP contribution in [0.2, 0.25) is 0 Å². The largest absolute Gasteiger partial charge is 0.335 e. The van der Waals surface area contributed by atoms with Gasteiger partial charge in [-0.1, -0.05) is 10.7 Å². The molecule has 1 unspecified atom stereocenters. The van der Waals surface area contributed by atoms with Gasteiger partial charge in [-0.05, 0) is 32.6 Å². The summed E-state index contributed by atoms with van der Waals surface area (Å²) in [5.41, 5.74) is 7.04. The number of halogens is 1. The van der Waals surface area contributed by atoms with E-state index in [1.54, 1.807) is 0 Å². The van der Waals surface area contributed by atoms with Gasteiger partial charge in [-0.15, -0.1) is 12.4 Å². The summed E-state index contributed by atoms with van der Waals surface area (Å²) in [7, 11) is 0. The van der Waals surface area contributed by atoms with Crippen molar-refractivity contribution in [3.63, 3.8) is 0 Å². The average molecular weight is 230 g/mol. The molecule has 1 aliphatic rings. The van der Waals surface area contributed by atoms with Gasteiger partial charge < -0.3 is 10.3 Å². The molecule has 0 bridgehead atoms. The maximum Gasteiger partial charge on any atom is 0.250 e. The topological polar surface area (TPSA) is 64.9 Å². The molecule has 1 fully saturated rings. The average Bonchev–Trinajstić information content (AvgIpc) is 2.75. The lowest BCUT2D eigenvalue weighted by atomic mass is 10.2. The number of rotatable bonds is 2. The number of nitrogens with zero attached hydrogens (tertiary/aromatic N) is 2. The Morgan fingerprint density at radius 2 is 2.07 bits per heavy atom. The highest BCUT2D eigenvalue weighted by Gasteiger charge is 2.11. The zero-order chi connectivity index (χ0) is 9.97. The van der Waals surface area contributed by atoms with Crippen LogP contribution in [-0.2, 0) is 0 Å². The molecule has 1 heterocycles. The van der Waals surface area contributed by atoms with Gasteiger partial charge in [-0.2, -0.15) is 4.98 Å². The first kappa shape index (κ1) is 12.2. The summed E-state index contributed by atoms with van der Waals surface area (Å²) in [4.78, 5) is 4.19. The number of allylic oxidation sites excluding steroid dienone is 1. The van der Waals surface area contributed by atoms with Crippen molar-refractivity contribution in [2.75, 3.05) is 0 Å². The highest BCUT2D eigenvalue weighted by atomic mass is 35.5. The van der Waals surface area contributed by atoms with Crippen molar-refractivity contribution in [2.45, 2.75) is 38.6 Å². The van der Waals surface area contributed by atoms with E-state index in [-0.39, 0.29) is 18.4 Å². The second-order valence-corrected chi connectivity index (χ2v) is 3.79. The highest BCUT2D eigenvalue weighted by molar-refractivity contribution is 5.85. The van der Waals surface area contributed by atoms with Crippen LogP contribution in [0.5, 0.6) is 0 Å². The smallest absolute Gasteiger partial charge is 0.250 e. The van der Waals surface area contributed by atoms with Gasteiger partial charge in [-0.25, -0.2) is 0 Å². The van der Waals surface area contributed by atoms with Crippen LogP contribution >= 0.6 is 12.4 Å².